The molecule has 0 radical (unpaired) electrons. The van der Waals surface area contributed by atoms with Crippen LogP contribution in [0.15, 0.2) is 35.8 Å². The SMILES string of the molecule is CC(C)(C)c1ccc(C(=O)OCCNC(=O)c2c(Cl)nc3sccn23)cc1. The smallest absolute Gasteiger partial charge is 0.338 e. The summed E-state index contributed by atoms with van der Waals surface area (Å²) in [5.74, 6) is -0.788. The van der Waals surface area contributed by atoms with E-state index in [0.717, 1.165) is 5.56 Å². The number of nitrogens with zero attached hydrogens (tertiary/aromatic N) is 2. The first-order valence-corrected chi connectivity index (χ1v) is 9.70. The number of halogens is 1. The van der Waals surface area contributed by atoms with Crippen LogP contribution in [0.3, 0.4) is 0 Å². The predicted octanol–water partition coefficient (Wildman–Crippen LogP) is 3.93. The minimum Gasteiger partial charge on any atom is -0.460 e. The number of benzene rings is 1. The van der Waals surface area contributed by atoms with E-state index < -0.39 is 5.97 Å². The van der Waals surface area contributed by atoms with Crippen LogP contribution >= 0.6 is 22.9 Å². The molecule has 0 saturated carbocycles. The quantitative estimate of drug-likeness (QED) is 0.515. The molecule has 2 aromatic heterocycles. The summed E-state index contributed by atoms with van der Waals surface area (Å²) in [5.41, 5.74) is 1.92. The van der Waals surface area contributed by atoms with E-state index in [1.807, 2.05) is 17.5 Å². The van der Waals surface area contributed by atoms with Gasteiger partial charge in [-0.2, -0.15) is 0 Å². The fraction of sp³-hybridized carbons (Fsp3) is 0.316. The van der Waals surface area contributed by atoms with Crippen molar-refractivity contribution in [3.8, 4) is 0 Å². The van der Waals surface area contributed by atoms with Gasteiger partial charge in [0.1, 0.15) is 6.61 Å². The van der Waals surface area contributed by atoms with Crippen molar-refractivity contribution in [2.24, 2.45) is 0 Å². The highest BCUT2D eigenvalue weighted by atomic mass is 35.5. The fourth-order valence-electron chi connectivity index (χ4n) is 2.54. The molecule has 1 N–H and O–H groups in total. The third kappa shape index (κ3) is 4.31. The molecule has 0 fully saturated rings. The largest absolute Gasteiger partial charge is 0.460 e. The lowest BCUT2D eigenvalue weighted by Gasteiger charge is -2.18. The Balaban J connectivity index is 1.51. The van der Waals surface area contributed by atoms with Crippen molar-refractivity contribution in [2.45, 2.75) is 26.2 Å². The second-order valence-corrected chi connectivity index (χ2v) is 8.26. The number of rotatable bonds is 5. The number of carbonyl (C=O) groups excluding carboxylic acids is 2. The van der Waals surface area contributed by atoms with Crippen LogP contribution in [0.5, 0.6) is 0 Å². The average Bonchev–Trinajstić information content (AvgIpc) is 3.17. The summed E-state index contributed by atoms with van der Waals surface area (Å²) in [6.45, 7) is 6.58. The molecule has 1 amide bonds. The van der Waals surface area contributed by atoms with E-state index in [-0.39, 0.29) is 35.3 Å². The van der Waals surface area contributed by atoms with Gasteiger partial charge < -0.3 is 10.1 Å². The summed E-state index contributed by atoms with van der Waals surface area (Å²) in [4.78, 5) is 29.2. The predicted molar refractivity (Wildman–Crippen MR) is 106 cm³/mol. The highest BCUT2D eigenvalue weighted by Crippen LogP contribution is 2.22. The van der Waals surface area contributed by atoms with Gasteiger partial charge in [-0.1, -0.05) is 44.5 Å². The summed E-state index contributed by atoms with van der Waals surface area (Å²) >= 11 is 7.41. The van der Waals surface area contributed by atoms with E-state index in [2.05, 4.69) is 31.1 Å². The maximum absolute atomic E-state index is 12.3. The molecule has 0 aliphatic rings. The van der Waals surface area contributed by atoms with Crippen LogP contribution in [-0.4, -0.2) is 34.4 Å². The number of hydrogen-bond acceptors (Lipinski definition) is 5. The maximum atomic E-state index is 12.3. The van der Waals surface area contributed by atoms with Crippen molar-refractivity contribution in [3.05, 3.63) is 57.8 Å². The lowest BCUT2D eigenvalue weighted by Crippen LogP contribution is -2.29. The number of carbonyl (C=O) groups is 2. The lowest BCUT2D eigenvalue weighted by molar-refractivity contribution is 0.0503. The average molecular weight is 406 g/mol. The highest BCUT2D eigenvalue weighted by Gasteiger charge is 2.19. The monoisotopic (exact) mass is 405 g/mol. The van der Waals surface area contributed by atoms with Gasteiger partial charge >= 0.3 is 5.97 Å². The Morgan fingerprint density at radius 1 is 1.26 bits per heavy atom. The van der Waals surface area contributed by atoms with Crippen LogP contribution in [0.2, 0.25) is 5.15 Å². The van der Waals surface area contributed by atoms with Crippen molar-refractivity contribution in [1.29, 1.82) is 0 Å². The molecule has 8 heteroatoms. The molecule has 0 bridgehead atoms. The molecule has 0 unspecified atom stereocenters. The first-order valence-electron chi connectivity index (χ1n) is 8.44. The van der Waals surface area contributed by atoms with Crippen molar-refractivity contribution in [2.75, 3.05) is 13.2 Å². The van der Waals surface area contributed by atoms with E-state index in [9.17, 15) is 9.59 Å². The van der Waals surface area contributed by atoms with Crippen LogP contribution in [0, 0.1) is 0 Å². The van der Waals surface area contributed by atoms with Gasteiger partial charge in [-0.3, -0.25) is 9.20 Å². The van der Waals surface area contributed by atoms with Crippen molar-refractivity contribution < 1.29 is 14.3 Å². The molecule has 142 valence electrons. The zero-order valence-corrected chi connectivity index (χ0v) is 16.9. The molecule has 1 aromatic carbocycles. The van der Waals surface area contributed by atoms with Crippen molar-refractivity contribution >= 4 is 39.8 Å². The van der Waals surface area contributed by atoms with Crippen LogP contribution in [0.1, 0.15) is 47.2 Å². The Bertz CT molecular complexity index is 970. The Morgan fingerprint density at radius 2 is 1.96 bits per heavy atom. The molecule has 0 spiro atoms. The van der Waals surface area contributed by atoms with Gasteiger partial charge in [0.25, 0.3) is 5.91 Å². The Labute approximate surface area is 166 Å². The van der Waals surface area contributed by atoms with Gasteiger partial charge in [0.15, 0.2) is 15.8 Å². The summed E-state index contributed by atoms with van der Waals surface area (Å²) in [6, 6.07) is 7.35. The molecular weight excluding hydrogens is 386 g/mol. The number of nitrogens with one attached hydrogen (secondary N) is 1. The molecule has 0 saturated heterocycles. The Kier molecular flexibility index (Phi) is 5.53. The van der Waals surface area contributed by atoms with Gasteiger partial charge in [0, 0.05) is 11.6 Å². The third-order valence-electron chi connectivity index (χ3n) is 4.04. The normalized spacial score (nSPS) is 11.6. The molecule has 2 heterocycles. The maximum Gasteiger partial charge on any atom is 0.338 e. The van der Waals surface area contributed by atoms with Gasteiger partial charge in [-0.15, -0.1) is 11.3 Å². The number of fused-ring (bicyclic) bond motifs is 1. The molecule has 27 heavy (non-hydrogen) atoms. The van der Waals surface area contributed by atoms with E-state index in [4.69, 9.17) is 16.3 Å². The minimum absolute atomic E-state index is 0.0233. The third-order valence-corrected chi connectivity index (χ3v) is 5.06. The standard InChI is InChI=1S/C19H20ClN3O3S/c1-19(2,3)13-6-4-12(5-7-13)17(25)26-10-8-21-16(24)14-15(20)22-18-23(14)9-11-27-18/h4-7,9,11H,8,10H2,1-3H3,(H,21,24). The number of ether oxygens (including phenoxy) is 1. The van der Waals surface area contributed by atoms with Gasteiger partial charge in [-0.05, 0) is 23.1 Å². The zero-order valence-electron chi connectivity index (χ0n) is 15.3. The summed E-state index contributed by atoms with van der Waals surface area (Å²) < 4.78 is 6.85. The molecule has 3 aromatic rings. The minimum atomic E-state index is -0.424. The first-order chi connectivity index (χ1) is 12.8. The van der Waals surface area contributed by atoms with Gasteiger partial charge in [0.2, 0.25) is 0 Å². The second kappa shape index (κ2) is 7.70. The van der Waals surface area contributed by atoms with Crippen molar-refractivity contribution in [1.82, 2.24) is 14.7 Å². The number of imidazole rings is 1. The summed E-state index contributed by atoms with van der Waals surface area (Å²) in [5, 5.41) is 4.66. The van der Waals surface area contributed by atoms with Gasteiger partial charge in [0.05, 0.1) is 12.1 Å². The van der Waals surface area contributed by atoms with E-state index in [1.54, 1.807) is 22.7 Å². The van der Waals surface area contributed by atoms with Gasteiger partial charge in [-0.25, -0.2) is 9.78 Å². The van der Waals surface area contributed by atoms with Crippen LogP contribution in [0.4, 0.5) is 0 Å². The molecule has 0 aliphatic heterocycles. The number of amides is 1. The molecular formula is C19H20ClN3O3S. The fourth-order valence-corrected chi connectivity index (χ4v) is 3.57. The Morgan fingerprint density at radius 3 is 2.63 bits per heavy atom. The molecule has 0 aliphatic carbocycles. The molecule has 6 nitrogen and oxygen atoms in total. The number of thiazole rings is 1. The van der Waals surface area contributed by atoms with E-state index >= 15 is 0 Å². The number of hydrogen-bond donors (Lipinski definition) is 1. The molecule has 3 rings (SSSR count). The molecule has 0 atom stereocenters. The zero-order chi connectivity index (χ0) is 19.6. The van der Waals surface area contributed by atoms with E-state index in [0.29, 0.717) is 10.5 Å². The summed E-state index contributed by atoms with van der Waals surface area (Å²) in [7, 11) is 0. The van der Waals surface area contributed by atoms with E-state index in [1.165, 1.54) is 11.3 Å². The van der Waals surface area contributed by atoms with Crippen LogP contribution in [-0.2, 0) is 10.2 Å². The van der Waals surface area contributed by atoms with Crippen LogP contribution < -0.4 is 5.32 Å². The summed E-state index contributed by atoms with van der Waals surface area (Å²) in [6.07, 6.45) is 1.73. The van der Waals surface area contributed by atoms with Crippen molar-refractivity contribution in [3.63, 3.8) is 0 Å². The highest BCUT2D eigenvalue weighted by molar-refractivity contribution is 7.15. The number of esters is 1. The number of aromatic nitrogens is 2. The Hall–Kier alpha value is -2.38. The topological polar surface area (TPSA) is 72.7 Å². The van der Waals surface area contributed by atoms with Crippen LogP contribution in [0.25, 0.3) is 4.96 Å². The second-order valence-electron chi connectivity index (χ2n) is 7.03. The lowest BCUT2D eigenvalue weighted by atomic mass is 9.87. The first kappa shape index (κ1) is 19.4.